The van der Waals surface area contributed by atoms with Crippen molar-refractivity contribution in [2.75, 3.05) is 32.9 Å². The molecule has 0 aliphatic carbocycles. The Morgan fingerprint density at radius 1 is 1.35 bits per heavy atom. The van der Waals surface area contributed by atoms with Crippen molar-refractivity contribution in [1.29, 1.82) is 0 Å². The molecule has 6 heteroatoms. The highest BCUT2D eigenvalue weighted by atomic mass is 16.6. The average Bonchev–Trinajstić information content (AvgIpc) is 2.50. The summed E-state index contributed by atoms with van der Waals surface area (Å²) in [6.07, 6.45) is 0.281. The quantitative estimate of drug-likeness (QED) is 0.785. The summed E-state index contributed by atoms with van der Waals surface area (Å²) in [5.41, 5.74) is 0.472. The number of benzene rings is 1. The van der Waals surface area contributed by atoms with Crippen LogP contribution in [0.1, 0.15) is 17.3 Å². The van der Waals surface area contributed by atoms with Crippen LogP contribution in [0.2, 0.25) is 0 Å². The molecule has 0 N–H and O–H groups in total. The van der Waals surface area contributed by atoms with E-state index in [-0.39, 0.29) is 0 Å². The maximum Gasteiger partial charge on any atom is 0.415 e. The standard InChI is InChI=1S/C14H17NO5/c1-2-19-13-9-11(10-16)3-4-12(13)20-14(17)15-5-7-18-8-6-15/h3-4,9-10H,2,5-8H2,1H3. The average molecular weight is 279 g/mol. The molecule has 2 rings (SSSR count). The fourth-order valence-corrected chi connectivity index (χ4v) is 1.86. The number of hydrogen-bond donors (Lipinski definition) is 0. The Morgan fingerprint density at radius 2 is 2.10 bits per heavy atom. The highest BCUT2D eigenvalue weighted by molar-refractivity contribution is 5.77. The van der Waals surface area contributed by atoms with E-state index in [9.17, 15) is 9.59 Å². The Hall–Kier alpha value is -2.08. The lowest BCUT2D eigenvalue weighted by molar-refractivity contribution is 0.0413. The van der Waals surface area contributed by atoms with Gasteiger partial charge in [-0.2, -0.15) is 0 Å². The molecule has 0 bridgehead atoms. The van der Waals surface area contributed by atoms with Gasteiger partial charge in [0, 0.05) is 18.7 Å². The number of carbonyl (C=O) groups is 2. The summed E-state index contributed by atoms with van der Waals surface area (Å²) in [5, 5.41) is 0. The van der Waals surface area contributed by atoms with Crippen LogP contribution in [0.15, 0.2) is 18.2 Å². The van der Waals surface area contributed by atoms with Gasteiger partial charge in [0.2, 0.25) is 0 Å². The first-order valence-corrected chi connectivity index (χ1v) is 6.51. The second-order valence-corrected chi connectivity index (χ2v) is 4.22. The SMILES string of the molecule is CCOc1cc(C=O)ccc1OC(=O)N1CCOCC1. The fraction of sp³-hybridized carbons (Fsp3) is 0.429. The van der Waals surface area contributed by atoms with E-state index >= 15 is 0 Å². The molecule has 0 spiro atoms. The highest BCUT2D eigenvalue weighted by Crippen LogP contribution is 2.28. The highest BCUT2D eigenvalue weighted by Gasteiger charge is 2.20. The van der Waals surface area contributed by atoms with Crippen LogP contribution < -0.4 is 9.47 Å². The van der Waals surface area contributed by atoms with Gasteiger partial charge in [-0.3, -0.25) is 4.79 Å². The van der Waals surface area contributed by atoms with E-state index in [2.05, 4.69) is 0 Å². The van der Waals surface area contributed by atoms with Gasteiger partial charge in [-0.05, 0) is 25.1 Å². The zero-order valence-corrected chi connectivity index (χ0v) is 11.3. The molecule has 1 aromatic carbocycles. The maximum atomic E-state index is 12.0. The predicted molar refractivity (Wildman–Crippen MR) is 71.4 cm³/mol. The van der Waals surface area contributed by atoms with E-state index in [0.29, 0.717) is 50.0 Å². The van der Waals surface area contributed by atoms with Gasteiger partial charge in [-0.25, -0.2) is 4.79 Å². The van der Waals surface area contributed by atoms with E-state index in [1.807, 2.05) is 6.92 Å². The first-order valence-electron chi connectivity index (χ1n) is 6.51. The summed E-state index contributed by atoms with van der Waals surface area (Å²) in [7, 11) is 0. The summed E-state index contributed by atoms with van der Waals surface area (Å²) >= 11 is 0. The first-order chi connectivity index (χ1) is 9.74. The minimum Gasteiger partial charge on any atom is -0.490 e. The summed E-state index contributed by atoms with van der Waals surface area (Å²) in [5.74, 6) is 0.702. The monoisotopic (exact) mass is 279 g/mol. The Morgan fingerprint density at radius 3 is 2.75 bits per heavy atom. The minimum absolute atomic E-state index is 0.314. The molecule has 0 atom stereocenters. The van der Waals surface area contributed by atoms with Crippen molar-refractivity contribution in [3.05, 3.63) is 23.8 Å². The van der Waals surface area contributed by atoms with Gasteiger partial charge in [-0.15, -0.1) is 0 Å². The smallest absolute Gasteiger partial charge is 0.415 e. The van der Waals surface area contributed by atoms with Crippen molar-refractivity contribution >= 4 is 12.4 Å². The topological polar surface area (TPSA) is 65.1 Å². The molecule has 0 radical (unpaired) electrons. The van der Waals surface area contributed by atoms with Crippen LogP contribution >= 0.6 is 0 Å². The van der Waals surface area contributed by atoms with Gasteiger partial charge >= 0.3 is 6.09 Å². The number of aldehydes is 1. The molecule has 1 aromatic rings. The lowest BCUT2D eigenvalue weighted by Crippen LogP contribution is -2.42. The van der Waals surface area contributed by atoms with E-state index in [1.54, 1.807) is 23.1 Å². The molecule has 0 aromatic heterocycles. The van der Waals surface area contributed by atoms with Gasteiger partial charge in [-0.1, -0.05) is 0 Å². The van der Waals surface area contributed by atoms with Gasteiger partial charge in [0.05, 0.1) is 19.8 Å². The molecule has 0 saturated carbocycles. The molecule has 108 valence electrons. The lowest BCUT2D eigenvalue weighted by Gasteiger charge is -2.26. The van der Waals surface area contributed by atoms with Gasteiger partial charge in [0.25, 0.3) is 0 Å². The van der Waals surface area contributed by atoms with Crippen molar-refractivity contribution in [3.8, 4) is 11.5 Å². The van der Waals surface area contributed by atoms with Crippen LogP contribution in [0.4, 0.5) is 4.79 Å². The molecule has 20 heavy (non-hydrogen) atoms. The van der Waals surface area contributed by atoms with Crippen LogP contribution in [0.25, 0.3) is 0 Å². The number of morpholine rings is 1. The second-order valence-electron chi connectivity index (χ2n) is 4.22. The van der Waals surface area contributed by atoms with E-state index in [4.69, 9.17) is 14.2 Å². The molecule has 1 heterocycles. The van der Waals surface area contributed by atoms with E-state index in [0.717, 1.165) is 6.29 Å². The van der Waals surface area contributed by atoms with Crippen LogP contribution in [-0.4, -0.2) is 50.2 Å². The normalized spacial score (nSPS) is 14.8. The van der Waals surface area contributed by atoms with Gasteiger partial charge in [0.1, 0.15) is 6.29 Å². The molecular weight excluding hydrogens is 262 g/mol. The molecular formula is C14H17NO5. The lowest BCUT2D eigenvalue weighted by atomic mass is 10.2. The van der Waals surface area contributed by atoms with Gasteiger partial charge in [0.15, 0.2) is 11.5 Å². The molecule has 1 saturated heterocycles. The summed E-state index contributed by atoms with van der Waals surface area (Å²) in [4.78, 5) is 24.3. The van der Waals surface area contributed by atoms with Crippen LogP contribution in [0, 0.1) is 0 Å². The third-order valence-electron chi connectivity index (χ3n) is 2.87. The summed E-state index contributed by atoms with van der Waals surface area (Å²) in [6.45, 7) is 4.28. The van der Waals surface area contributed by atoms with E-state index in [1.165, 1.54) is 0 Å². The Labute approximate surface area is 117 Å². The van der Waals surface area contributed by atoms with Crippen molar-refractivity contribution < 1.29 is 23.8 Å². The van der Waals surface area contributed by atoms with Gasteiger partial charge < -0.3 is 19.1 Å². The number of amides is 1. The fourth-order valence-electron chi connectivity index (χ4n) is 1.86. The third kappa shape index (κ3) is 3.48. The Balaban J connectivity index is 2.10. The molecule has 6 nitrogen and oxygen atoms in total. The number of rotatable bonds is 4. The molecule has 0 unspecified atom stereocenters. The second kappa shape index (κ2) is 6.91. The third-order valence-corrected chi connectivity index (χ3v) is 2.87. The predicted octanol–water partition coefficient (Wildman–Crippen LogP) is 1.73. The zero-order valence-electron chi connectivity index (χ0n) is 11.3. The first kappa shape index (κ1) is 14.3. The maximum absolute atomic E-state index is 12.0. The molecule has 1 fully saturated rings. The number of ether oxygens (including phenoxy) is 3. The van der Waals surface area contributed by atoms with Crippen molar-refractivity contribution in [3.63, 3.8) is 0 Å². The number of hydrogen-bond acceptors (Lipinski definition) is 5. The number of nitrogens with zero attached hydrogens (tertiary/aromatic N) is 1. The van der Waals surface area contributed by atoms with Crippen molar-refractivity contribution in [1.82, 2.24) is 4.90 Å². The van der Waals surface area contributed by atoms with Crippen LogP contribution in [-0.2, 0) is 4.74 Å². The van der Waals surface area contributed by atoms with E-state index < -0.39 is 6.09 Å². The Bertz CT molecular complexity index is 482. The van der Waals surface area contributed by atoms with Crippen molar-refractivity contribution in [2.24, 2.45) is 0 Å². The zero-order chi connectivity index (χ0) is 14.4. The van der Waals surface area contributed by atoms with Crippen LogP contribution in [0.5, 0.6) is 11.5 Å². The molecule has 1 aliphatic rings. The van der Waals surface area contributed by atoms with Crippen molar-refractivity contribution in [2.45, 2.75) is 6.92 Å². The summed E-state index contributed by atoms with van der Waals surface area (Å²) < 4.78 is 15.9. The van der Waals surface area contributed by atoms with Crippen LogP contribution in [0.3, 0.4) is 0 Å². The largest absolute Gasteiger partial charge is 0.490 e. The number of carbonyl (C=O) groups excluding carboxylic acids is 2. The molecule has 1 aliphatic heterocycles. The summed E-state index contributed by atoms with van der Waals surface area (Å²) in [6, 6.07) is 4.70. The molecule has 1 amide bonds. The minimum atomic E-state index is -0.437. The Kier molecular flexibility index (Phi) is 4.95.